The maximum atomic E-state index is 12.4. The number of fused-ring (bicyclic) bond motifs is 1. The summed E-state index contributed by atoms with van der Waals surface area (Å²) in [5.41, 5.74) is 0.499. The lowest BCUT2D eigenvalue weighted by Gasteiger charge is -2.34. The van der Waals surface area contributed by atoms with Crippen molar-refractivity contribution in [2.45, 2.75) is 52.7 Å². The molecular weight excluding hydrogens is 308 g/mol. The first kappa shape index (κ1) is 16.8. The fraction of sp³-hybridized carbons (Fsp3) is 0.706. The number of nitrogens with zero attached hydrogens (tertiary/aromatic N) is 4. The van der Waals surface area contributed by atoms with E-state index in [4.69, 9.17) is 4.74 Å². The third kappa shape index (κ3) is 3.39. The number of carbonyl (C=O) groups excluding carboxylic acids is 2. The molecule has 1 fully saturated rings. The zero-order valence-electron chi connectivity index (χ0n) is 14.9. The summed E-state index contributed by atoms with van der Waals surface area (Å²) in [6.07, 6.45) is 3.33. The maximum Gasteiger partial charge on any atom is 0.410 e. The van der Waals surface area contributed by atoms with Crippen molar-refractivity contribution in [3.05, 3.63) is 17.7 Å². The van der Waals surface area contributed by atoms with Crippen molar-refractivity contribution in [1.29, 1.82) is 0 Å². The molecule has 7 nitrogen and oxygen atoms in total. The van der Waals surface area contributed by atoms with Gasteiger partial charge in [0.25, 0.3) is 0 Å². The first-order valence-electron chi connectivity index (χ1n) is 8.55. The lowest BCUT2D eigenvalue weighted by molar-refractivity contribution is 0.0174. The fourth-order valence-corrected chi connectivity index (χ4v) is 3.35. The fourth-order valence-electron chi connectivity index (χ4n) is 3.35. The molecule has 0 unspecified atom stereocenters. The Labute approximate surface area is 142 Å². The quantitative estimate of drug-likeness (QED) is 0.834. The van der Waals surface area contributed by atoms with Gasteiger partial charge in [-0.2, -0.15) is 0 Å². The third-order valence-corrected chi connectivity index (χ3v) is 4.57. The molecule has 0 spiro atoms. The molecule has 0 saturated carbocycles. The van der Waals surface area contributed by atoms with Crippen LogP contribution in [0.2, 0.25) is 0 Å². The molecule has 1 aromatic rings. The van der Waals surface area contributed by atoms with Crippen molar-refractivity contribution in [2.24, 2.45) is 5.92 Å². The Morgan fingerprint density at radius 1 is 1.33 bits per heavy atom. The average Bonchev–Trinajstić information content (AvgIpc) is 3.00. The summed E-state index contributed by atoms with van der Waals surface area (Å²) in [5, 5.41) is 0. The Morgan fingerprint density at radius 3 is 2.58 bits per heavy atom. The van der Waals surface area contributed by atoms with Crippen LogP contribution in [0.3, 0.4) is 0 Å². The van der Waals surface area contributed by atoms with Crippen LogP contribution >= 0.6 is 0 Å². The molecule has 2 aliphatic rings. The van der Waals surface area contributed by atoms with Gasteiger partial charge in [-0.15, -0.1) is 0 Å². The molecule has 0 aromatic carbocycles. The van der Waals surface area contributed by atoms with E-state index in [0.717, 1.165) is 30.9 Å². The van der Waals surface area contributed by atoms with Gasteiger partial charge < -0.3 is 14.5 Å². The highest BCUT2D eigenvalue weighted by atomic mass is 16.6. The van der Waals surface area contributed by atoms with Crippen LogP contribution in [0.5, 0.6) is 0 Å². The number of carbonyl (C=O) groups is 2. The van der Waals surface area contributed by atoms with E-state index in [1.165, 1.54) is 0 Å². The molecule has 3 heterocycles. The lowest BCUT2D eigenvalue weighted by Crippen LogP contribution is -2.44. The van der Waals surface area contributed by atoms with Crippen LogP contribution in [0.25, 0.3) is 0 Å². The second kappa shape index (κ2) is 6.11. The van der Waals surface area contributed by atoms with Crippen molar-refractivity contribution < 1.29 is 14.3 Å². The molecule has 0 atom stereocenters. The molecule has 0 radical (unpaired) electrons. The number of piperidine rings is 1. The van der Waals surface area contributed by atoms with E-state index in [2.05, 4.69) is 4.98 Å². The van der Waals surface area contributed by atoms with Crippen molar-refractivity contribution in [3.63, 3.8) is 0 Å². The number of aromatic nitrogens is 2. The van der Waals surface area contributed by atoms with Gasteiger partial charge in [-0.25, -0.2) is 14.6 Å². The largest absolute Gasteiger partial charge is 0.444 e. The van der Waals surface area contributed by atoms with Gasteiger partial charge in [0, 0.05) is 19.6 Å². The minimum absolute atomic E-state index is 0.0228. The van der Waals surface area contributed by atoms with Gasteiger partial charge in [-0.1, -0.05) is 0 Å². The summed E-state index contributed by atoms with van der Waals surface area (Å²) in [6, 6.07) is 0.0228. The maximum absolute atomic E-state index is 12.4. The van der Waals surface area contributed by atoms with Gasteiger partial charge >= 0.3 is 12.1 Å². The van der Waals surface area contributed by atoms with Gasteiger partial charge in [-0.05, 0) is 46.5 Å². The molecule has 1 saturated heterocycles. The Balaban J connectivity index is 1.50. The summed E-state index contributed by atoms with van der Waals surface area (Å²) in [5.74, 6) is 1.17. The molecule has 0 bridgehead atoms. The van der Waals surface area contributed by atoms with E-state index in [0.29, 0.717) is 25.6 Å². The molecule has 7 heteroatoms. The molecule has 0 aliphatic carbocycles. The SMILES string of the molecule is Cc1ncc2n1C(=O)N(CC1CCN(C(=O)OC(C)(C)C)CC1)C2. The number of hydrogen-bond donors (Lipinski definition) is 0. The number of ether oxygens (including phenoxy) is 1. The standard InChI is InChI=1S/C17H26N4O3/c1-12-18-9-14-11-20(15(22)21(12)14)10-13-5-7-19(8-6-13)16(23)24-17(2,3)4/h9,13H,5-8,10-11H2,1-4H3. The molecular formula is C17H26N4O3. The minimum Gasteiger partial charge on any atom is -0.444 e. The van der Waals surface area contributed by atoms with E-state index in [9.17, 15) is 9.59 Å². The van der Waals surface area contributed by atoms with E-state index in [1.807, 2.05) is 32.6 Å². The van der Waals surface area contributed by atoms with Crippen molar-refractivity contribution in [3.8, 4) is 0 Å². The van der Waals surface area contributed by atoms with Crippen LogP contribution in [-0.4, -0.2) is 56.7 Å². The molecule has 2 amide bonds. The summed E-state index contributed by atoms with van der Waals surface area (Å²) < 4.78 is 7.11. The van der Waals surface area contributed by atoms with E-state index in [-0.39, 0.29) is 12.1 Å². The number of aryl methyl sites for hydroxylation is 1. The normalized spacial score (nSPS) is 18.9. The molecule has 24 heavy (non-hydrogen) atoms. The Kier molecular flexibility index (Phi) is 4.27. The van der Waals surface area contributed by atoms with E-state index < -0.39 is 5.60 Å². The van der Waals surface area contributed by atoms with Crippen LogP contribution in [0.1, 0.15) is 45.1 Å². The third-order valence-electron chi connectivity index (χ3n) is 4.57. The second-order valence-corrected chi connectivity index (χ2v) is 7.71. The van der Waals surface area contributed by atoms with Crippen molar-refractivity contribution in [1.82, 2.24) is 19.4 Å². The average molecular weight is 334 g/mol. The highest BCUT2D eigenvalue weighted by Gasteiger charge is 2.33. The van der Waals surface area contributed by atoms with Gasteiger partial charge in [0.2, 0.25) is 0 Å². The smallest absolute Gasteiger partial charge is 0.410 e. The van der Waals surface area contributed by atoms with Gasteiger partial charge in [0.05, 0.1) is 18.4 Å². The molecule has 1 aromatic heterocycles. The lowest BCUT2D eigenvalue weighted by atomic mass is 9.96. The Hall–Kier alpha value is -2.05. The topological polar surface area (TPSA) is 67.7 Å². The highest BCUT2D eigenvalue weighted by Crippen LogP contribution is 2.24. The first-order chi connectivity index (χ1) is 11.2. The zero-order chi connectivity index (χ0) is 17.5. The predicted molar refractivity (Wildman–Crippen MR) is 88.7 cm³/mol. The summed E-state index contributed by atoms with van der Waals surface area (Å²) in [4.78, 5) is 32.4. The summed E-state index contributed by atoms with van der Waals surface area (Å²) in [7, 11) is 0. The first-order valence-corrected chi connectivity index (χ1v) is 8.55. The second-order valence-electron chi connectivity index (χ2n) is 7.71. The number of imidazole rings is 1. The number of hydrogen-bond acceptors (Lipinski definition) is 4. The highest BCUT2D eigenvalue weighted by molar-refractivity contribution is 5.80. The summed E-state index contributed by atoms with van der Waals surface area (Å²) >= 11 is 0. The van der Waals surface area contributed by atoms with Crippen LogP contribution in [-0.2, 0) is 11.3 Å². The molecule has 0 N–H and O–H groups in total. The van der Waals surface area contributed by atoms with Crippen LogP contribution in [0.15, 0.2) is 6.20 Å². The number of likely N-dealkylation sites (tertiary alicyclic amines) is 1. The van der Waals surface area contributed by atoms with Crippen LogP contribution in [0.4, 0.5) is 9.59 Å². The van der Waals surface area contributed by atoms with Gasteiger partial charge in [0.15, 0.2) is 0 Å². The summed E-state index contributed by atoms with van der Waals surface area (Å²) in [6.45, 7) is 10.2. The zero-order valence-corrected chi connectivity index (χ0v) is 14.9. The van der Waals surface area contributed by atoms with Crippen molar-refractivity contribution >= 4 is 12.1 Å². The predicted octanol–water partition coefficient (Wildman–Crippen LogP) is 2.62. The van der Waals surface area contributed by atoms with E-state index in [1.54, 1.807) is 15.7 Å². The number of rotatable bonds is 2. The van der Waals surface area contributed by atoms with Crippen LogP contribution in [0, 0.1) is 12.8 Å². The number of amides is 2. The minimum atomic E-state index is -0.463. The van der Waals surface area contributed by atoms with Gasteiger partial charge in [0.1, 0.15) is 11.4 Å². The molecule has 2 aliphatic heterocycles. The molecule has 132 valence electrons. The Morgan fingerprint density at radius 2 is 2.00 bits per heavy atom. The van der Waals surface area contributed by atoms with Gasteiger partial charge in [-0.3, -0.25) is 4.57 Å². The van der Waals surface area contributed by atoms with Crippen molar-refractivity contribution in [2.75, 3.05) is 19.6 Å². The van der Waals surface area contributed by atoms with E-state index >= 15 is 0 Å². The molecule has 3 rings (SSSR count). The monoisotopic (exact) mass is 334 g/mol. The van der Waals surface area contributed by atoms with Crippen LogP contribution < -0.4 is 0 Å². The Bertz CT molecular complexity index is 639.